The molecule has 4 heteroatoms. The number of anilines is 1. The van der Waals surface area contributed by atoms with Crippen LogP contribution in [-0.2, 0) is 6.42 Å². The summed E-state index contributed by atoms with van der Waals surface area (Å²) in [7, 11) is 0. The molecule has 4 nitrogen and oxygen atoms in total. The molecule has 0 radical (unpaired) electrons. The predicted octanol–water partition coefficient (Wildman–Crippen LogP) is 3.14. The van der Waals surface area contributed by atoms with Crippen molar-refractivity contribution in [3.8, 4) is 5.88 Å². The highest BCUT2D eigenvalue weighted by Crippen LogP contribution is 2.24. The third kappa shape index (κ3) is 2.79. The molecule has 3 aromatic rings. The molecular weight excluding hydrogens is 262 g/mol. The summed E-state index contributed by atoms with van der Waals surface area (Å²) in [5.41, 5.74) is 8.71. The average molecular weight is 279 g/mol. The highest BCUT2D eigenvalue weighted by atomic mass is 16.5. The van der Waals surface area contributed by atoms with E-state index in [9.17, 15) is 0 Å². The SMILES string of the molecule is Cc1nnc(OCCc2ccccc2N)c2ccccc12. The Morgan fingerprint density at radius 1 is 0.952 bits per heavy atom. The first-order valence-corrected chi connectivity index (χ1v) is 6.94. The van der Waals surface area contributed by atoms with Crippen molar-refractivity contribution < 1.29 is 4.74 Å². The summed E-state index contributed by atoms with van der Waals surface area (Å²) >= 11 is 0. The van der Waals surface area contributed by atoms with E-state index in [4.69, 9.17) is 10.5 Å². The molecule has 106 valence electrons. The van der Waals surface area contributed by atoms with Gasteiger partial charge in [-0.3, -0.25) is 0 Å². The average Bonchev–Trinajstić information content (AvgIpc) is 2.52. The van der Waals surface area contributed by atoms with Crippen LogP contribution < -0.4 is 10.5 Å². The Kier molecular flexibility index (Phi) is 3.69. The summed E-state index contributed by atoms with van der Waals surface area (Å²) in [6, 6.07) is 15.8. The second kappa shape index (κ2) is 5.79. The lowest BCUT2D eigenvalue weighted by atomic mass is 10.1. The van der Waals surface area contributed by atoms with Crippen molar-refractivity contribution in [1.29, 1.82) is 0 Å². The number of nitrogens with two attached hydrogens (primary N) is 1. The molecule has 0 aliphatic rings. The van der Waals surface area contributed by atoms with Crippen LogP contribution in [0.5, 0.6) is 5.88 Å². The summed E-state index contributed by atoms with van der Waals surface area (Å²) in [5.74, 6) is 0.575. The number of hydrogen-bond donors (Lipinski definition) is 1. The fourth-order valence-corrected chi connectivity index (χ4v) is 2.34. The zero-order valence-corrected chi connectivity index (χ0v) is 11.9. The number of para-hydroxylation sites is 1. The van der Waals surface area contributed by atoms with Gasteiger partial charge in [0.25, 0.3) is 0 Å². The number of benzene rings is 2. The van der Waals surface area contributed by atoms with Gasteiger partial charge in [-0.2, -0.15) is 5.10 Å². The van der Waals surface area contributed by atoms with Gasteiger partial charge < -0.3 is 10.5 Å². The maximum atomic E-state index is 5.93. The zero-order valence-electron chi connectivity index (χ0n) is 11.9. The molecule has 2 aromatic carbocycles. The van der Waals surface area contributed by atoms with E-state index in [1.165, 1.54) is 0 Å². The second-order valence-corrected chi connectivity index (χ2v) is 4.93. The molecule has 0 spiro atoms. The third-order valence-corrected chi connectivity index (χ3v) is 3.50. The summed E-state index contributed by atoms with van der Waals surface area (Å²) in [6.45, 7) is 2.47. The Bertz CT molecular complexity index is 771. The Hall–Kier alpha value is -2.62. The monoisotopic (exact) mass is 279 g/mol. The highest BCUT2D eigenvalue weighted by Gasteiger charge is 2.07. The maximum Gasteiger partial charge on any atom is 0.241 e. The molecule has 1 heterocycles. The van der Waals surface area contributed by atoms with Gasteiger partial charge in [-0.25, -0.2) is 0 Å². The Balaban J connectivity index is 1.77. The van der Waals surface area contributed by atoms with Crippen molar-refractivity contribution in [2.75, 3.05) is 12.3 Å². The maximum absolute atomic E-state index is 5.93. The summed E-state index contributed by atoms with van der Waals surface area (Å²) < 4.78 is 5.80. The van der Waals surface area contributed by atoms with Crippen LogP contribution in [0.25, 0.3) is 10.8 Å². The van der Waals surface area contributed by atoms with Crippen LogP contribution in [-0.4, -0.2) is 16.8 Å². The predicted molar refractivity (Wildman–Crippen MR) is 84.3 cm³/mol. The van der Waals surface area contributed by atoms with Gasteiger partial charge in [0.15, 0.2) is 0 Å². The largest absolute Gasteiger partial charge is 0.476 e. The van der Waals surface area contributed by atoms with Crippen molar-refractivity contribution >= 4 is 16.5 Å². The van der Waals surface area contributed by atoms with Gasteiger partial charge in [0.1, 0.15) is 0 Å². The first-order chi connectivity index (χ1) is 10.3. The van der Waals surface area contributed by atoms with E-state index in [2.05, 4.69) is 10.2 Å². The van der Waals surface area contributed by atoms with E-state index < -0.39 is 0 Å². The topological polar surface area (TPSA) is 61.0 Å². The van der Waals surface area contributed by atoms with Crippen molar-refractivity contribution in [2.24, 2.45) is 0 Å². The van der Waals surface area contributed by atoms with Crippen molar-refractivity contribution in [2.45, 2.75) is 13.3 Å². The van der Waals surface area contributed by atoms with E-state index >= 15 is 0 Å². The Morgan fingerprint density at radius 2 is 1.67 bits per heavy atom. The van der Waals surface area contributed by atoms with Crippen molar-refractivity contribution in [1.82, 2.24) is 10.2 Å². The molecule has 3 rings (SSSR count). The van der Waals surface area contributed by atoms with Gasteiger partial charge in [0.2, 0.25) is 5.88 Å². The number of nitrogens with zero attached hydrogens (tertiary/aromatic N) is 2. The van der Waals surface area contributed by atoms with E-state index in [0.29, 0.717) is 12.5 Å². The molecule has 0 bridgehead atoms. The first-order valence-electron chi connectivity index (χ1n) is 6.94. The van der Waals surface area contributed by atoms with Crippen LogP contribution in [0.4, 0.5) is 5.69 Å². The van der Waals surface area contributed by atoms with E-state index in [1.807, 2.05) is 55.5 Å². The van der Waals surface area contributed by atoms with Crippen molar-refractivity contribution in [3.63, 3.8) is 0 Å². The number of aromatic nitrogens is 2. The minimum atomic E-state index is 0.524. The standard InChI is InChI=1S/C17H17N3O/c1-12-14-7-3-4-8-15(14)17(20-19-12)21-11-10-13-6-2-5-9-16(13)18/h2-9H,10-11,18H2,1H3. The fraction of sp³-hybridized carbons (Fsp3) is 0.176. The van der Waals surface area contributed by atoms with Crippen LogP contribution in [0.3, 0.4) is 0 Å². The summed E-state index contributed by atoms with van der Waals surface area (Å²) in [5, 5.41) is 10.4. The molecule has 1 aromatic heterocycles. The molecule has 0 saturated carbocycles. The molecule has 0 aliphatic carbocycles. The molecular formula is C17H17N3O. The lowest BCUT2D eigenvalue weighted by molar-refractivity contribution is 0.310. The Labute approximate surface area is 123 Å². The van der Waals surface area contributed by atoms with E-state index in [-0.39, 0.29) is 0 Å². The molecule has 0 atom stereocenters. The van der Waals surface area contributed by atoms with Crippen LogP contribution in [0.15, 0.2) is 48.5 Å². The molecule has 0 amide bonds. The second-order valence-electron chi connectivity index (χ2n) is 4.93. The lowest BCUT2D eigenvalue weighted by Crippen LogP contribution is -2.06. The van der Waals surface area contributed by atoms with Crippen LogP contribution in [0, 0.1) is 6.92 Å². The molecule has 0 saturated heterocycles. The van der Waals surface area contributed by atoms with Crippen LogP contribution >= 0.6 is 0 Å². The van der Waals surface area contributed by atoms with Gasteiger partial charge in [-0.05, 0) is 24.6 Å². The minimum absolute atomic E-state index is 0.524. The lowest BCUT2D eigenvalue weighted by Gasteiger charge is -2.09. The zero-order chi connectivity index (χ0) is 14.7. The van der Waals surface area contributed by atoms with Gasteiger partial charge in [0, 0.05) is 22.9 Å². The van der Waals surface area contributed by atoms with Gasteiger partial charge in [-0.15, -0.1) is 5.10 Å². The van der Waals surface area contributed by atoms with Crippen LogP contribution in [0.2, 0.25) is 0 Å². The smallest absolute Gasteiger partial charge is 0.241 e. The molecule has 0 aliphatic heterocycles. The van der Waals surface area contributed by atoms with Gasteiger partial charge in [0.05, 0.1) is 12.3 Å². The number of aryl methyl sites for hydroxylation is 1. The normalized spacial score (nSPS) is 10.7. The summed E-state index contributed by atoms with van der Waals surface area (Å²) in [4.78, 5) is 0. The number of fused-ring (bicyclic) bond motifs is 1. The number of rotatable bonds is 4. The molecule has 2 N–H and O–H groups in total. The van der Waals surface area contributed by atoms with Gasteiger partial charge >= 0.3 is 0 Å². The highest BCUT2D eigenvalue weighted by molar-refractivity contribution is 5.88. The quantitative estimate of drug-likeness (QED) is 0.745. The molecule has 21 heavy (non-hydrogen) atoms. The van der Waals surface area contributed by atoms with Gasteiger partial charge in [-0.1, -0.05) is 36.4 Å². The third-order valence-electron chi connectivity index (χ3n) is 3.50. The first kappa shape index (κ1) is 13.4. The number of ether oxygens (including phenoxy) is 1. The minimum Gasteiger partial charge on any atom is -0.476 e. The molecule has 0 fully saturated rings. The Morgan fingerprint density at radius 3 is 2.48 bits per heavy atom. The van der Waals surface area contributed by atoms with Crippen molar-refractivity contribution in [3.05, 3.63) is 59.8 Å². The summed E-state index contributed by atoms with van der Waals surface area (Å²) in [6.07, 6.45) is 0.747. The fourth-order valence-electron chi connectivity index (χ4n) is 2.34. The molecule has 0 unspecified atom stereocenters. The van der Waals surface area contributed by atoms with E-state index in [1.54, 1.807) is 0 Å². The number of nitrogen functional groups attached to an aromatic ring is 1. The van der Waals surface area contributed by atoms with E-state index in [0.717, 1.165) is 34.1 Å². The van der Waals surface area contributed by atoms with Crippen LogP contribution in [0.1, 0.15) is 11.3 Å². The number of hydrogen-bond acceptors (Lipinski definition) is 4.